The van der Waals surface area contributed by atoms with Gasteiger partial charge in [0, 0.05) is 12.2 Å². The summed E-state index contributed by atoms with van der Waals surface area (Å²) >= 11 is 0. The molecule has 0 radical (unpaired) electrons. The third-order valence-electron chi connectivity index (χ3n) is 1.78. The predicted octanol–water partition coefficient (Wildman–Crippen LogP) is 1.62. The highest BCUT2D eigenvalue weighted by Gasteiger charge is 2.03. The van der Waals surface area contributed by atoms with Gasteiger partial charge < -0.3 is 10.6 Å². The summed E-state index contributed by atoms with van der Waals surface area (Å²) in [6.45, 7) is 1.66. The van der Waals surface area contributed by atoms with Gasteiger partial charge in [-0.05, 0) is 24.3 Å². The van der Waals surface area contributed by atoms with Crippen LogP contribution < -0.4 is 10.6 Å². The molecule has 1 aromatic carbocycles. The number of hydrogen-bond donors (Lipinski definition) is 2. The highest BCUT2D eigenvalue weighted by molar-refractivity contribution is 5.94. The molecule has 0 aliphatic carbocycles. The van der Waals surface area contributed by atoms with E-state index >= 15 is 0 Å². The zero-order valence-corrected chi connectivity index (χ0v) is 8.27. The van der Waals surface area contributed by atoms with Gasteiger partial charge in [0.15, 0.2) is 5.96 Å². The summed E-state index contributed by atoms with van der Waals surface area (Å²) in [6.07, 6.45) is 0. The molecule has 2 N–H and O–H groups in total. The average molecular weight is 216 g/mol. The SMILES string of the molecule is Cl.Fc1ccc(NC2=NCCN2)cc1. The molecule has 0 fully saturated rings. The van der Waals surface area contributed by atoms with E-state index in [1.165, 1.54) is 12.1 Å². The lowest BCUT2D eigenvalue weighted by atomic mass is 10.3. The van der Waals surface area contributed by atoms with Crippen LogP contribution in [0.5, 0.6) is 0 Å². The van der Waals surface area contributed by atoms with Gasteiger partial charge in [0.05, 0.1) is 6.54 Å². The lowest BCUT2D eigenvalue weighted by Gasteiger charge is -2.05. The monoisotopic (exact) mass is 215 g/mol. The topological polar surface area (TPSA) is 36.4 Å². The van der Waals surface area contributed by atoms with Crippen molar-refractivity contribution in [1.29, 1.82) is 0 Å². The molecule has 3 nitrogen and oxygen atoms in total. The Kier molecular flexibility index (Phi) is 3.71. The maximum atomic E-state index is 12.5. The summed E-state index contributed by atoms with van der Waals surface area (Å²) in [5.74, 6) is 0.526. The van der Waals surface area contributed by atoms with E-state index in [0.717, 1.165) is 24.7 Å². The molecular formula is C9H11ClFN3. The Bertz CT molecular complexity index is 323. The molecule has 0 aromatic heterocycles. The minimum absolute atomic E-state index is 0. The molecule has 1 aromatic rings. The highest BCUT2D eigenvalue weighted by atomic mass is 35.5. The van der Waals surface area contributed by atoms with Crippen molar-refractivity contribution < 1.29 is 4.39 Å². The van der Waals surface area contributed by atoms with Crippen LogP contribution in [0.3, 0.4) is 0 Å². The minimum Gasteiger partial charge on any atom is -0.354 e. The van der Waals surface area contributed by atoms with Crippen LogP contribution in [0.4, 0.5) is 10.1 Å². The van der Waals surface area contributed by atoms with Crippen molar-refractivity contribution in [2.75, 3.05) is 18.4 Å². The first kappa shape index (κ1) is 10.8. The van der Waals surface area contributed by atoms with Crippen molar-refractivity contribution in [1.82, 2.24) is 5.32 Å². The minimum atomic E-state index is -0.230. The molecular weight excluding hydrogens is 205 g/mol. The first-order valence-electron chi connectivity index (χ1n) is 4.15. The number of nitrogens with one attached hydrogen (secondary N) is 2. The number of hydrogen-bond acceptors (Lipinski definition) is 3. The standard InChI is InChI=1S/C9H10FN3.ClH/c10-7-1-3-8(4-2-7)13-9-11-5-6-12-9;/h1-4H,5-6H2,(H2,11,12,13);1H. The van der Waals surface area contributed by atoms with Crippen LogP contribution in [0.2, 0.25) is 0 Å². The Morgan fingerprint density at radius 2 is 2.00 bits per heavy atom. The Balaban J connectivity index is 0.000000980. The highest BCUT2D eigenvalue weighted by Crippen LogP contribution is 2.08. The van der Waals surface area contributed by atoms with Crippen LogP contribution in [0.1, 0.15) is 0 Å². The molecule has 2 rings (SSSR count). The zero-order chi connectivity index (χ0) is 9.10. The fraction of sp³-hybridized carbons (Fsp3) is 0.222. The molecule has 0 amide bonds. The lowest BCUT2D eigenvalue weighted by molar-refractivity contribution is 0.628. The third-order valence-corrected chi connectivity index (χ3v) is 1.78. The quantitative estimate of drug-likeness (QED) is 0.747. The maximum absolute atomic E-state index is 12.5. The number of halogens is 2. The molecule has 0 saturated heterocycles. The second kappa shape index (κ2) is 4.81. The van der Waals surface area contributed by atoms with E-state index in [-0.39, 0.29) is 18.2 Å². The van der Waals surface area contributed by atoms with Gasteiger partial charge in [-0.1, -0.05) is 0 Å². The molecule has 5 heteroatoms. The largest absolute Gasteiger partial charge is 0.354 e. The van der Waals surface area contributed by atoms with Crippen LogP contribution in [0.25, 0.3) is 0 Å². The van der Waals surface area contributed by atoms with Gasteiger partial charge in [0.25, 0.3) is 0 Å². The second-order valence-electron chi connectivity index (χ2n) is 2.79. The van der Waals surface area contributed by atoms with Crippen LogP contribution in [-0.4, -0.2) is 19.0 Å². The van der Waals surface area contributed by atoms with Gasteiger partial charge >= 0.3 is 0 Å². The second-order valence-corrected chi connectivity index (χ2v) is 2.79. The molecule has 14 heavy (non-hydrogen) atoms. The number of benzene rings is 1. The molecule has 0 spiro atoms. The number of aliphatic imine (C=N–C) groups is 1. The molecule has 1 aliphatic rings. The van der Waals surface area contributed by atoms with E-state index in [2.05, 4.69) is 15.6 Å². The van der Waals surface area contributed by atoms with E-state index in [1.807, 2.05) is 0 Å². The summed E-state index contributed by atoms with van der Waals surface area (Å²) in [4.78, 5) is 4.15. The lowest BCUT2D eigenvalue weighted by Crippen LogP contribution is -2.26. The van der Waals surface area contributed by atoms with Gasteiger partial charge in [-0.3, -0.25) is 4.99 Å². The van der Waals surface area contributed by atoms with Crippen molar-refractivity contribution >= 4 is 24.1 Å². The van der Waals surface area contributed by atoms with Gasteiger partial charge in [-0.25, -0.2) is 4.39 Å². The van der Waals surface area contributed by atoms with Crippen molar-refractivity contribution in [3.63, 3.8) is 0 Å². The van der Waals surface area contributed by atoms with Crippen LogP contribution in [-0.2, 0) is 0 Å². The fourth-order valence-corrected chi connectivity index (χ4v) is 1.15. The molecule has 1 heterocycles. The van der Waals surface area contributed by atoms with E-state index in [4.69, 9.17) is 0 Å². The molecule has 0 unspecified atom stereocenters. The van der Waals surface area contributed by atoms with Crippen molar-refractivity contribution in [2.24, 2.45) is 4.99 Å². The number of guanidine groups is 1. The van der Waals surface area contributed by atoms with E-state index in [0.29, 0.717) is 0 Å². The van der Waals surface area contributed by atoms with Crippen LogP contribution >= 0.6 is 12.4 Å². The van der Waals surface area contributed by atoms with Gasteiger partial charge in [-0.2, -0.15) is 0 Å². The van der Waals surface area contributed by atoms with Crippen molar-refractivity contribution in [2.45, 2.75) is 0 Å². The van der Waals surface area contributed by atoms with Crippen LogP contribution in [0, 0.1) is 5.82 Å². The maximum Gasteiger partial charge on any atom is 0.195 e. The Morgan fingerprint density at radius 3 is 2.57 bits per heavy atom. The fourth-order valence-electron chi connectivity index (χ4n) is 1.15. The Hall–Kier alpha value is -1.29. The third kappa shape index (κ3) is 2.60. The summed E-state index contributed by atoms with van der Waals surface area (Å²) in [5, 5.41) is 6.11. The van der Waals surface area contributed by atoms with E-state index < -0.39 is 0 Å². The number of nitrogens with zero attached hydrogens (tertiary/aromatic N) is 1. The normalized spacial score (nSPS) is 13.9. The van der Waals surface area contributed by atoms with Gasteiger partial charge in [0.1, 0.15) is 5.82 Å². The summed E-state index contributed by atoms with van der Waals surface area (Å²) in [6, 6.07) is 6.19. The number of anilines is 1. The molecule has 76 valence electrons. The summed E-state index contributed by atoms with van der Waals surface area (Å²) in [5.41, 5.74) is 0.842. The first-order valence-corrected chi connectivity index (χ1v) is 4.15. The first-order chi connectivity index (χ1) is 6.34. The summed E-state index contributed by atoms with van der Waals surface area (Å²) < 4.78 is 12.5. The Morgan fingerprint density at radius 1 is 1.29 bits per heavy atom. The van der Waals surface area contributed by atoms with Crippen molar-refractivity contribution in [3.8, 4) is 0 Å². The van der Waals surface area contributed by atoms with Gasteiger partial charge in [-0.15, -0.1) is 12.4 Å². The average Bonchev–Trinajstić information content (AvgIpc) is 2.62. The number of rotatable bonds is 1. The molecule has 0 saturated carbocycles. The van der Waals surface area contributed by atoms with Gasteiger partial charge in [0.2, 0.25) is 0 Å². The summed E-state index contributed by atoms with van der Waals surface area (Å²) in [7, 11) is 0. The Labute approximate surface area is 87.8 Å². The smallest absolute Gasteiger partial charge is 0.195 e. The molecule has 0 bridgehead atoms. The molecule has 1 aliphatic heterocycles. The van der Waals surface area contributed by atoms with Crippen LogP contribution in [0.15, 0.2) is 29.3 Å². The van der Waals surface area contributed by atoms with E-state index in [1.54, 1.807) is 12.1 Å². The predicted molar refractivity (Wildman–Crippen MR) is 57.6 cm³/mol. The van der Waals surface area contributed by atoms with E-state index in [9.17, 15) is 4.39 Å². The van der Waals surface area contributed by atoms with Crippen molar-refractivity contribution in [3.05, 3.63) is 30.1 Å². The zero-order valence-electron chi connectivity index (χ0n) is 7.46. The molecule has 0 atom stereocenters.